The van der Waals surface area contributed by atoms with Gasteiger partial charge in [-0.25, -0.2) is 4.98 Å². The Labute approximate surface area is 126 Å². The van der Waals surface area contributed by atoms with Gasteiger partial charge >= 0.3 is 0 Å². The molecule has 0 bridgehead atoms. The van der Waals surface area contributed by atoms with Gasteiger partial charge in [0.25, 0.3) is 0 Å². The van der Waals surface area contributed by atoms with Crippen LogP contribution < -0.4 is 5.73 Å². The number of nitrogens with two attached hydrogens (primary N) is 1. The maximum Gasteiger partial charge on any atom is 0.223 e. The Bertz CT molecular complexity index is 655. The number of anilines is 1. The first kappa shape index (κ1) is 14.5. The summed E-state index contributed by atoms with van der Waals surface area (Å²) in [5, 5.41) is 19.8. The minimum atomic E-state index is -0.465. The molecular weight excluding hydrogens is 294 g/mol. The average molecular weight is 312 g/mol. The van der Waals surface area contributed by atoms with Gasteiger partial charge in [-0.1, -0.05) is 18.5 Å². The minimum absolute atomic E-state index is 0.0210. The first-order valence-corrected chi connectivity index (χ1v) is 7.39. The molecule has 3 rings (SSSR count). The number of aromatic nitrogens is 4. The second kappa shape index (κ2) is 5.40. The van der Waals surface area contributed by atoms with Crippen molar-refractivity contribution >= 4 is 28.7 Å². The minimum Gasteiger partial charge on any atom is -0.396 e. The molecule has 2 heterocycles. The molecule has 0 aromatic carbocycles. The summed E-state index contributed by atoms with van der Waals surface area (Å²) in [5.74, 6) is 0.171. The number of fused-ring (bicyclic) bond motifs is 1. The summed E-state index contributed by atoms with van der Waals surface area (Å²) < 4.78 is 1.88. The monoisotopic (exact) mass is 311 g/mol. The Morgan fingerprint density at radius 2 is 2.29 bits per heavy atom. The van der Waals surface area contributed by atoms with Crippen molar-refractivity contribution in [3.63, 3.8) is 0 Å². The zero-order chi connectivity index (χ0) is 15.1. The molecule has 0 spiro atoms. The van der Waals surface area contributed by atoms with Crippen LogP contribution in [0.5, 0.6) is 0 Å². The topological polar surface area (TPSA) is 110 Å². The van der Waals surface area contributed by atoms with Crippen LogP contribution >= 0.6 is 11.6 Å². The third-order valence-corrected chi connectivity index (χ3v) is 4.65. The standard InChI is InChI=1S/C13H18ClN5O2/c1-2-8(21)9-6(4-20)3-7(9)19-5-16-10-11(14)17-13(15)18-12(10)19/h5-9,20-21H,2-4H2,1H3,(H2,15,17,18). The number of halogens is 1. The summed E-state index contributed by atoms with van der Waals surface area (Å²) in [6, 6.07) is 0.0347. The molecule has 4 unspecified atom stereocenters. The lowest BCUT2D eigenvalue weighted by molar-refractivity contribution is -0.0554. The molecule has 2 aromatic heterocycles. The van der Waals surface area contributed by atoms with E-state index in [2.05, 4.69) is 15.0 Å². The molecule has 0 amide bonds. The van der Waals surface area contributed by atoms with Gasteiger partial charge in [0, 0.05) is 18.6 Å². The van der Waals surface area contributed by atoms with Crippen molar-refractivity contribution in [3.05, 3.63) is 11.5 Å². The van der Waals surface area contributed by atoms with E-state index in [0.717, 1.165) is 6.42 Å². The highest BCUT2D eigenvalue weighted by Gasteiger charge is 2.45. The van der Waals surface area contributed by atoms with Crippen molar-refractivity contribution in [1.29, 1.82) is 0 Å². The van der Waals surface area contributed by atoms with E-state index >= 15 is 0 Å². The lowest BCUT2D eigenvalue weighted by atomic mass is 9.66. The van der Waals surface area contributed by atoms with Crippen LogP contribution in [-0.4, -0.2) is 42.4 Å². The van der Waals surface area contributed by atoms with Crippen LogP contribution in [0.1, 0.15) is 25.8 Å². The third-order valence-electron chi connectivity index (χ3n) is 4.38. The maximum absolute atomic E-state index is 10.2. The summed E-state index contributed by atoms with van der Waals surface area (Å²) in [6.45, 7) is 2.00. The second-order valence-electron chi connectivity index (χ2n) is 5.50. The molecule has 4 atom stereocenters. The van der Waals surface area contributed by atoms with E-state index in [1.165, 1.54) is 0 Å². The third kappa shape index (κ3) is 2.25. The number of rotatable bonds is 4. The maximum atomic E-state index is 10.2. The first-order valence-electron chi connectivity index (χ1n) is 7.01. The highest BCUT2D eigenvalue weighted by molar-refractivity contribution is 6.33. The van der Waals surface area contributed by atoms with Gasteiger partial charge in [0.2, 0.25) is 5.95 Å². The number of aliphatic hydroxyl groups is 2. The van der Waals surface area contributed by atoms with Crippen molar-refractivity contribution in [3.8, 4) is 0 Å². The Morgan fingerprint density at radius 3 is 2.95 bits per heavy atom. The first-order chi connectivity index (χ1) is 10.1. The van der Waals surface area contributed by atoms with E-state index in [1.807, 2.05) is 11.5 Å². The largest absolute Gasteiger partial charge is 0.396 e. The lowest BCUT2D eigenvalue weighted by Gasteiger charge is -2.46. The molecule has 0 aliphatic heterocycles. The Hall–Kier alpha value is -1.44. The number of nitrogens with zero attached hydrogens (tertiary/aromatic N) is 4. The van der Waals surface area contributed by atoms with Gasteiger partial charge in [0.1, 0.15) is 5.52 Å². The van der Waals surface area contributed by atoms with Crippen molar-refractivity contribution in [2.24, 2.45) is 11.8 Å². The van der Waals surface area contributed by atoms with Crippen LogP contribution in [0.15, 0.2) is 6.33 Å². The Kier molecular flexibility index (Phi) is 3.73. The average Bonchev–Trinajstić information content (AvgIpc) is 2.82. The van der Waals surface area contributed by atoms with Crippen LogP contribution in [0.3, 0.4) is 0 Å². The van der Waals surface area contributed by atoms with Gasteiger partial charge in [-0.05, 0) is 18.8 Å². The van der Waals surface area contributed by atoms with Crippen LogP contribution in [0.4, 0.5) is 5.95 Å². The fraction of sp³-hybridized carbons (Fsp3) is 0.615. The van der Waals surface area contributed by atoms with Crippen molar-refractivity contribution in [2.75, 3.05) is 12.3 Å². The van der Waals surface area contributed by atoms with E-state index in [1.54, 1.807) is 6.33 Å². The summed E-state index contributed by atoms with van der Waals surface area (Å²) in [7, 11) is 0. The fourth-order valence-corrected chi connectivity index (χ4v) is 3.44. The van der Waals surface area contributed by atoms with E-state index in [0.29, 0.717) is 17.6 Å². The van der Waals surface area contributed by atoms with Gasteiger partial charge in [0.15, 0.2) is 10.8 Å². The lowest BCUT2D eigenvalue weighted by Crippen LogP contribution is -2.46. The van der Waals surface area contributed by atoms with Crippen LogP contribution in [0, 0.1) is 11.8 Å². The summed E-state index contributed by atoms with van der Waals surface area (Å²) in [4.78, 5) is 12.3. The molecule has 8 heteroatoms. The molecule has 114 valence electrons. The Morgan fingerprint density at radius 1 is 1.52 bits per heavy atom. The molecule has 1 aliphatic rings. The highest BCUT2D eigenvalue weighted by atomic mass is 35.5. The van der Waals surface area contributed by atoms with E-state index in [9.17, 15) is 10.2 Å². The number of hydrogen-bond acceptors (Lipinski definition) is 6. The second-order valence-corrected chi connectivity index (χ2v) is 5.85. The summed E-state index contributed by atoms with van der Waals surface area (Å²) in [5.41, 5.74) is 6.72. The van der Waals surface area contributed by atoms with Crippen LogP contribution in [-0.2, 0) is 0 Å². The molecule has 1 fully saturated rings. The van der Waals surface area contributed by atoms with Gasteiger partial charge in [0.05, 0.1) is 12.4 Å². The molecule has 7 nitrogen and oxygen atoms in total. The van der Waals surface area contributed by atoms with Crippen LogP contribution in [0.25, 0.3) is 11.2 Å². The van der Waals surface area contributed by atoms with Crippen molar-refractivity contribution in [2.45, 2.75) is 31.9 Å². The molecule has 2 aromatic rings. The zero-order valence-corrected chi connectivity index (χ0v) is 12.4. The van der Waals surface area contributed by atoms with E-state index in [-0.39, 0.29) is 35.6 Å². The molecule has 4 N–H and O–H groups in total. The van der Waals surface area contributed by atoms with Gasteiger partial charge < -0.3 is 20.5 Å². The Balaban J connectivity index is 2.01. The molecular formula is C13H18ClN5O2. The quantitative estimate of drug-likeness (QED) is 0.727. The van der Waals surface area contributed by atoms with Crippen molar-refractivity contribution in [1.82, 2.24) is 19.5 Å². The molecule has 21 heavy (non-hydrogen) atoms. The number of nitrogen functional groups attached to an aromatic ring is 1. The number of imidazole rings is 1. The fourth-order valence-electron chi connectivity index (χ4n) is 3.22. The normalized spacial score (nSPS) is 26.8. The predicted octanol–water partition coefficient (Wildman–Crippen LogP) is 1.00. The summed E-state index contributed by atoms with van der Waals surface area (Å²) >= 11 is 6.03. The molecule has 1 aliphatic carbocycles. The number of aliphatic hydroxyl groups excluding tert-OH is 2. The van der Waals surface area contributed by atoms with E-state index in [4.69, 9.17) is 17.3 Å². The molecule has 0 saturated heterocycles. The van der Waals surface area contributed by atoms with Gasteiger partial charge in [-0.15, -0.1) is 0 Å². The summed E-state index contributed by atoms with van der Waals surface area (Å²) in [6.07, 6.45) is 2.60. The van der Waals surface area contributed by atoms with Crippen LogP contribution in [0.2, 0.25) is 5.15 Å². The van der Waals surface area contributed by atoms with Gasteiger partial charge in [-0.2, -0.15) is 9.97 Å². The van der Waals surface area contributed by atoms with Crippen molar-refractivity contribution < 1.29 is 10.2 Å². The molecule has 0 radical (unpaired) electrons. The predicted molar refractivity (Wildman–Crippen MR) is 78.8 cm³/mol. The number of hydrogen-bond donors (Lipinski definition) is 3. The smallest absolute Gasteiger partial charge is 0.223 e. The molecule has 1 saturated carbocycles. The van der Waals surface area contributed by atoms with Gasteiger partial charge in [-0.3, -0.25) is 0 Å². The highest BCUT2D eigenvalue weighted by Crippen LogP contribution is 2.47. The van der Waals surface area contributed by atoms with E-state index < -0.39 is 6.10 Å². The zero-order valence-electron chi connectivity index (χ0n) is 11.6. The SMILES string of the molecule is CCC(O)C1C(CO)CC1n1cnc2c(Cl)nc(N)nc21.